The monoisotopic (exact) mass is 979 g/mol. The van der Waals surface area contributed by atoms with Crippen LogP contribution in [-0.2, 0) is 45.3 Å². The number of rotatable bonds is 23. The molecule has 1 aliphatic carbocycles. The molecule has 0 radical (unpaired) electrons. The molecule has 5 atom stereocenters. The SMILES string of the molecule is CCC(N)C(=O)C(=O)NC(=O)CN(C(=O)[C@H](CC1CCCCC1)NC(=O)[C@@H](NC(=O)[C@H](CC(C)C)NC(=O)c1cnccn1)[C@@H](C)CC)S(=O)(=O)c1cc(C(=O)NCc2ccccc2)ccc1Cl. The van der Waals surface area contributed by atoms with Crippen LogP contribution in [0.3, 0.4) is 0 Å². The second-order valence-corrected chi connectivity index (χ2v) is 19.6. The fraction of sp³-hybridized carbons (Fsp3) is 0.489. The quantitative estimate of drug-likeness (QED) is 0.0745. The molecule has 1 unspecified atom stereocenters. The molecule has 7 amide bonds. The zero-order valence-corrected chi connectivity index (χ0v) is 40.5. The second-order valence-electron chi connectivity index (χ2n) is 17.3. The van der Waals surface area contributed by atoms with Crippen LogP contribution in [0.2, 0.25) is 5.02 Å². The third-order valence-electron chi connectivity index (χ3n) is 11.7. The fourth-order valence-corrected chi connectivity index (χ4v) is 9.44. The van der Waals surface area contributed by atoms with E-state index in [1.807, 2.05) is 19.2 Å². The molecule has 1 aromatic heterocycles. The van der Waals surface area contributed by atoms with Crippen LogP contribution in [0.25, 0.3) is 0 Å². The molecule has 4 rings (SSSR count). The largest absolute Gasteiger partial charge is 0.348 e. The highest BCUT2D eigenvalue weighted by Crippen LogP contribution is 2.31. The Morgan fingerprint density at radius 2 is 1.53 bits per heavy atom. The van der Waals surface area contributed by atoms with Crippen molar-refractivity contribution in [2.75, 3.05) is 6.54 Å². The molecule has 19 nitrogen and oxygen atoms in total. The van der Waals surface area contributed by atoms with Gasteiger partial charge in [0, 0.05) is 24.5 Å². The van der Waals surface area contributed by atoms with Gasteiger partial charge in [-0.3, -0.25) is 48.7 Å². The number of halogens is 1. The molecule has 368 valence electrons. The van der Waals surface area contributed by atoms with Gasteiger partial charge in [0.1, 0.15) is 35.3 Å². The highest BCUT2D eigenvalue weighted by Gasteiger charge is 2.41. The number of carbonyl (C=O) groups is 8. The number of benzene rings is 2. The van der Waals surface area contributed by atoms with Gasteiger partial charge in [0.2, 0.25) is 23.5 Å². The Labute approximate surface area is 401 Å². The fourth-order valence-electron chi connectivity index (χ4n) is 7.55. The molecule has 21 heteroatoms. The number of nitrogens with one attached hydrogen (secondary N) is 5. The second kappa shape index (κ2) is 25.9. The van der Waals surface area contributed by atoms with Crippen molar-refractivity contribution >= 4 is 68.8 Å². The van der Waals surface area contributed by atoms with E-state index in [1.165, 1.54) is 31.6 Å². The maximum Gasteiger partial charge on any atom is 0.295 e. The summed E-state index contributed by atoms with van der Waals surface area (Å²) in [4.78, 5) is 116. The van der Waals surface area contributed by atoms with Gasteiger partial charge in [-0.25, -0.2) is 17.7 Å². The first-order valence-electron chi connectivity index (χ1n) is 22.8. The molecular formula is C47H62ClN9O10S. The van der Waals surface area contributed by atoms with Gasteiger partial charge in [-0.1, -0.05) is 115 Å². The van der Waals surface area contributed by atoms with Gasteiger partial charge in [0.25, 0.3) is 33.7 Å². The van der Waals surface area contributed by atoms with Crippen molar-refractivity contribution in [3.8, 4) is 0 Å². The van der Waals surface area contributed by atoms with Crippen molar-refractivity contribution in [2.45, 2.75) is 128 Å². The minimum atomic E-state index is -5.25. The Morgan fingerprint density at radius 1 is 0.838 bits per heavy atom. The normalized spacial score (nSPS) is 15.1. The number of nitrogens with zero attached hydrogens (tertiary/aromatic N) is 3. The molecule has 0 spiro atoms. The van der Waals surface area contributed by atoms with E-state index in [4.69, 9.17) is 17.3 Å². The van der Waals surface area contributed by atoms with E-state index >= 15 is 4.79 Å². The van der Waals surface area contributed by atoms with E-state index in [2.05, 4.69) is 31.2 Å². The number of nitrogens with two attached hydrogens (primary N) is 1. The smallest absolute Gasteiger partial charge is 0.295 e. The molecule has 1 fully saturated rings. The predicted octanol–water partition coefficient (Wildman–Crippen LogP) is 3.36. The van der Waals surface area contributed by atoms with Gasteiger partial charge in [-0.2, -0.15) is 0 Å². The van der Waals surface area contributed by atoms with E-state index in [1.54, 1.807) is 44.2 Å². The van der Waals surface area contributed by atoms with Gasteiger partial charge in [-0.05, 0) is 60.8 Å². The summed E-state index contributed by atoms with van der Waals surface area (Å²) < 4.78 is 29.9. The van der Waals surface area contributed by atoms with Crippen LogP contribution < -0.4 is 32.3 Å². The van der Waals surface area contributed by atoms with Crippen LogP contribution in [-0.4, -0.2) is 101 Å². The first-order chi connectivity index (χ1) is 32.3. The lowest BCUT2D eigenvalue weighted by molar-refractivity contribution is -0.142. The van der Waals surface area contributed by atoms with Crippen molar-refractivity contribution in [3.63, 3.8) is 0 Å². The topological polar surface area (TPSA) is 286 Å². The van der Waals surface area contributed by atoms with E-state index in [9.17, 15) is 42.0 Å². The molecule has 3 aromatic rings. The summed E-state index contributed by atoms with van der Waals surface area (Å²) >= 11 is 6.50. The number of hydrogen-bond donors (Lipinski definition) is 6. The van der Waals surface area contributed by atoms with Crippen molar-refractivity contribution in [2.24, 2.45) is 23.5 Å². The van der Waals surface area contributed by atoms with E-state index in [0.29, 0.717) is 19.3 Å². The molecule has 0 aliphatic heterocycles. The number of Topliss-reactive ketones (excluding diaryl/α,β-unsaturated/α-hetero) is 1. The number of hydrogen-bond acceptors (Lipinski definition) is 13. The maximum absolute atomic E-state index is 15.1. The van der Waals surface area contributed by atoms with E-state index < -0.39 is 104 Å². The number of ketones is 1. The lowest BCUT2D eigenvalue weighted by Crippen LogP contribution is -2.60. The highest BCUT2D eigenvalue weighted by atomic mass is 35.5. The average Bonchev–Trinajstić information content (AvgIpc) is 3.33. The zero-order valence-electron chi connectivity index (χ0n) is 39.0. The molecule has 2 aromatic carbocycles. The Morgan fingerprint density at radius 3 is 2.15 bits per heavy atom. The van der Waals surface area contributed by atoms with Crippen LogP contribution in [0.15, 0.2) is 72.0 Å². The zero-order chi connectivity index (χ0) is 50.1. The summed E-state index contributed by atoms with van der Waals surface area (Å²) in [6.07, 6.45) is 8.16. The van der Waals surface area contributed by atoms with E-state index in [-0.39, 0.29) is 53.2 Å². The number of amides is 7. The van der Waals surface area contributed by atoms with Crippen LogP contribution >= 0.6 is 11.6 Å². The summed E-state index contributed by atoms with van der Waals surface area (Å²) in [5.41, 5.74) is 6.26. The minimum absolute atomic E-state index is 0.0395. The van der Waals surface area contributed by atoms with Crippen molar-refractivity contribution in [1.29, 1.82) is 0 Å². The third-order valence-corrected chi connectivity index (χ3v) is 13.9. The third kappa shape index (κ3) is 15.5. The molecule has 1 saturated carbocycles. The summed E-state index contributed by atoms with van der Waals surface area (Å²) in [5.74, 6) is -9.11. The van der Waals surface area contributed by atoms with Gasteiger partial charge < -0.3 is 27.0 Å². The summed E-state index contributed by atoms with van der Waals surface area (Å²) in [6.45, 7) is 7.39. The minimum Gasteiger partial charge on any atom is -0.348 e. The number of sulfonamides is 1. The lowest BCUT2D eigenvalue weighted by atomic mass is 9.84. The predicted molar refractivity (Wildman–Crippen MR) is 252 cm³/mol. The van der Waals surface area contributed by atoms with Crippen LogP contribution in [0, 0.1) is 17.8 Å². The highest BCUT2D eigenvalue weighted by molar-refractivity contribution is 7.89. The van der Waals surface area contributed by atoms with Crippen LogP contribution in [0.5, 0.6) is 0 Å². The molecular weight excluding hydrogens is 918 g/mol. The van der Waals surface area contributed by atoms with Crippen molar-refractivity contribution < 1.29 is 46.8 Å². The molecule has 1 heterocycles. The molecule has 0 saturated heterocycles. The first kappa shape index (κ1) is 54.5. The van der Waals surface area contributed by atoms with E-state index in [0.717, 1.165) is 37.0 Å². The standard InChI is InChI=1S/C47H62ClN9O10S/c1-6-29(5)40(56-43(61)35(22-28(3)4)53-44(62)37-26-50-20-21-51-37)45(63)54-36(23-30-14-10-8-11-15-30)47(65)57(27-39(58)55-46(64)41(59)34(49)7-2)68(66,67)38-24-32(18-19-33(38)48)42(60)52-25-31-16-12-9-13-17-31/h9,12-13,16-21,24,26,28-30,34-36,40H,6-8,10-11,14-15,22-23,25,27,49H2,1-5H3,(H,52,60)(H,53,62)(H,54,63)(H,56,61)(H,55,58,64)/t29-,34?,35-,36-,40-/m0/s1. The number of aromatic nitrogens is 2. The lowest BCUT2D eigenvalue weighted by Gasteiger charge is -2.33. The summed E-state index contributed by atoms with van der Waals surface area (Å²) in [6, 6.07) is 6.84. The van der Waals surface area contributed by atoms with Crippen molar-refractivity contribution in [1.82, 2.24) is 40.9 Å². The van der Waals surface area contributed by atoms with Gasteiger partial charge >= 0.3 is 0 Å². The van der Waals surface area contributed by atoms with Crippen molar-refractivity contribution in [3.05, 3.63) is 89.0 Å². The van der Waals surface area contributed by atoms with Crippen LogP contribution in [0.4, 0.5) is 0 Å². The van der Waals surface area contributed by atoms with Gasteiger partial charge in [0.15, 0.2) is 0 Å². The average molecular weight is 981 g/mol. The molecule has 68 heavy (non-hydrogen) atoms. The Hall–Kier alpha value is -6.12. The maximum atomic E-state index is 15.1. The Kier molecular flexibility index (Phi) is 20.7. The van der Waals surface area contributed by atoms with Gasteiger partial charge in [0.05, 0.1) is 17.3 Å². The Bertz CT molecular complexity index is 2390. The van der Waals surface area contributed by atoms with Gasteiger partial charge in [-0.15, -0.1) is 0 Å². The summed E-state index contributed by atoms with van der Waals surface area (Å²) in [7, 11) is -5.25. The summed E-state index contributed by atoms with van der Waals surface area (Å²) in [5, 5.41) is 12.2. The first-order valence-corrected chi connectivity index (χ1v) is 24.6. The number of imide groups is 1. The van der Waals surface area contributed by atoms with Crippen LogP contribution in [0.1, 0.15) is 119 Å². The number of carbonyl (C=O) groups excluding carboxylic acids is 8. The Balaban J connectivity index is 1.75. The molecule has 7 N–H and O–H groups in total. The molecule has 0 bridgehead atoms. The molecule has 1 aliphatic rings.